The minimum atomic E-state index is -4.12. The molecule has 0 unspecified atom stereocenters. The molecule has 0 saturated heterocycles. The fourth-order valence-electron chi connectivity index (χ4n) is 4.69. The van der Waals surface area contributed by atoms with Gasteiger partial charge in [-0.1, -0.05) is 109 Å². The van der Waals surface area contributed by atoms with Crippen molar-refractivity contribution >= 4 is 33.3 Å². The van der Waals surface area contributed by atoms with Crippen LogP contribution < -0.4 is 20.1 Å². The molecule has 0 aliphatic carbocycles. The van der Waals surface area contributed by atoms with Gasteiger partial charge in [0.15, 0.2) is 0 Å². The summed E-state index contributed by atoms with van der Waals surface area (Å²) in [6.07, 6.45) is 19.8. The van der Waals surface area contributed by atoms with E-state index in [4.69, 9.17) is 4.74 Å². The second-order valence-corrected chi connectivity index (χ2v) is 12.2. The first-order valence-corrected chi connectivity index (χ1v) is 16.7. The average Bonchev–Trinajstić information content (AvgIpc) is 2.95. The van der Waals surface area contributed by atoms with Gasteiger partial charge in [-0.05, 0) is 42.8 Å². The highest BCUT2D eigenvalue weighted by molar-refractivity contribution is 7.90. The third-order valence-corrected chi connectivity index (χ3v) is 8.39. The maximum Gasteiger partial charge on any atom is 0.333 e. The Hall–Kier alpha value is -3.07. The van der Waals surface area contributed by atoms with E-state index in [2.05, 4.69) is 17.6 Å². The molecule has 41 heavy (non-hydrogen) atoms. The third-order valence-electron chi connectivity index (χ3n) is 7.02. The number of urea groups is 1. The molecule has 228 valence electrons. The van der Waals surface area contributed by atoms with E-state index >= 15 is 0 Å². The molecule has 0 fully saturated rings. The smallest absolute Gasteiger partial charge is 0.333 e. The monoisotopic (exact) mass is 587 g/mol. The lowest BCUT2D eigenvalue weighted by Crippen LogP contribution is -2.34. The van der Waals surface area contributed by atoms with E-state index in [0.29, 0.717) is 17.8 Å². The van der Waals surface area contributed by atoms with Crippen LogP contribution in [0.5, 0.6) is 5.75 Å². The highest BCUT2D eigenvalue weighted by atomic mass is 32.2. The van der Waals surface area contributed by atoms with Gasteiger partial charge in [-0.3, -0.25) is 4.79 Å². The minimum Gasteiger partial charge on any atom is -0.495 e. The molecule has 9 heteroatoms. The highest BCUT2D eigenvalue weighted by Crippen LogP contribution is 2.23. The molecule has 3 N–H and O–H groups in total. The van der Waals surface area contributed by atoms with Gasteiger partial charge in [0.2, 0.25) is 5.91 Å². The van der Waals surface area contributed by atoms with Crippen LogP contribution in [0.3, 0.4) is 0 Å². The number of ether oxygens (including phenoxy) is 1. The van der Waals surface area contributed by atoms with Gasteiger partial charge in [-0.2, -0.15) is 0 Å². The van der Waals surface area contributed by atoms with E-state index in [9.17, 15) is 18.0 Å². The molecule has 2 aromatic rings. The standard InChI is InChI=1S/C32H49N3O5S/c1-3-4-5-6-7-8-9-10-11-12-13-14-15-16-17-22-31(36)33-27-23-25-28(26-24-27)34-32(37)35-41(38,39)30-21-19-18-20-29(30)40-2/h18-21,23-26H,3-17,22H2,1-2H3,(H,33,36)(H2,34,35,37). The maximum atomic E-state index is 12.5. The summed E-state index contributed by atoms with van der Waals surface area (Å²) < 4.78 is 32.1. The van der Waals surface area contributed by atoms with Crippen molar-refractivity contribution in [3.05, 3.63) is 48.5 Å². The second-order valence-electron chi connectivity index (χ2n) is 10.5. The Morgan fingerprint density at radius 1 is 0.659 bits per heavy atom. The molecular formula is C32H49N3O5S. The van der Waals surface area contributed by atoms with Crippen LogP contribution >= 0.6 is 0 Å². The van der Waals surface area contributed by atoms with Gasteiger partial charge in [0.25, 0.3) is 10.0 Å². The summed E-state index contributed by atoms with van der Waals surface area (Å²) in [5, 5.41) is 5.35. The summed E-state index contributed by atoms with van der Waals surface area (Å²) >= 11 is 0. The van der Waals surface area contributed by atoms with E-state index in [0.717, 1.165) is 12.8 Å². The van der Waals surface area contributed by atoms with Crippen LogP contribution in [-0.4, -0.2) is 27.5 Å². The molecule has 0 heterocycles. The zero-order valence-electron chi connectivity index (χ0n) is 24.9. The summed E-state index contributed by atoms with van der Waals surface area (Å²) in [4.78, 5) is 24.4. The Labute approximate surface area is 247 Å². The van der Waals surface area contributed by atoms with Crippen LogP contribution in [-0.2, 0) is 14.8 Å². The number of amides is 3. The number of hydrogen-bond acceptors (Lipinski definition) is 5. The first-order valence-electron chi connectivity index (χ1n) is 15.2. The van der Waals surface area contributed by atoms with Crippen molar-refractivity contribution in [3.63, 3.8) is 0 Å². The number of carbonyl (C=O) groups is 2. The van der Waals surface area contributed by atoms with Crippen molar-refractivity contribution in [2.75, 3.05) is 17.7 Å². The number of hydrogen-bond donors (Lipinski definition) is 3. The van der Waals surface area contributed by atoms with Crippen molar-refractivity contribution in [2.24, 2.45) is 0 Å². The quantitative estimate of drug-likeness (QED) is 0.127. The van der Waals surface area contributed by atoms with E-state index in [1.165, 1.54) is 103 Å². The fourth-order valence-corrected chi connectivity index (χ4v) is 5.77. The Morgan fingerprint density at radius 2 is 1.12 bits per heavy atom. The summed E-state index contributed by atoms with van der Waals surface area (Å²) in [7, 11) is -2.76. The van der Waals surface area contributed by atoms with Crippen molar-refractivity contribution in [3.8, 4) is 5.75 Å². The zero-order valence-corrected chi connectivity index (χ0v) is 25.7. The number of nitrogens with one attached hydrogen (secondary N) is 3. The Kier molecular flexibility index (Phi) is 16.6. The lowest BCUT2D eigenvalue weighted by atomic mass is 10.0. The highest BCUT2D eigenvalue weighted by Gasteiger charge is 2.21. The molecule has 2 rings (SSSR count). The summed E-state index contributed by atoms with van der Waals surface area (Å²) in [6, 6.07) is 11.6. The first-order chi connectivity index (χ1) is 19.9. The van der Waals surface area contributed by atoms with Gasteiger partial charge in [0.1, 0.15) is 10.6 Å². The van der Waals surface area contributed by atoms with E-state index in [1.807, 2.05) is 4.72 Å². The predicted molar refractivity (Wildman–Crippen MR) is 167 cm³/mol. The van der Waals surface area contributed by atoms with Gasteiger partial charge >= 0.3 is 6.03 Å². The molecule has 0 aliphatic heterocycles. The van der Waals surface area contributed by atoms with Crippen LogP contribution in [0.15, 0.2) is 53.4 Å². The molecule has 8 nitrogen and oxygen atoms in total. The second kappa shape index (κ2) is 19.9. The lowest BCUT2D eigenvalue weighted by molar-refractivity contribution is -0.116. The number of rotatable bonds is 21. The number of methoxy groups -OCH3 is 1. The van der Waals surface area contributed by atoms with Gasteiger partial charge in [0, 0.05) is 17.8 Å². The largest absolute Gasteiger partial charge is 0.495 e. The topological polar surface area (TPSA) is 114 Å². The van der Waals surface area contributed by atoms with Crippen molar-refractivity contribution in [1.82, 2.24) is 4.72 Å². The average molecular weight is 588 g/mol. The molecule has 0 bridgehead atoms. The number of carbonyl (C=O) groups excluding carboxylic acids is 2. The van der Waals surface area contributed by atoms with Crippen LogP contribution in [0.1, 0.15) is 110 Å². The number of unbranched alkanes of at least 4 members (excludes halogenated alkanes) is 14. The van der Waals surface area contributed by atoms with Crippen molar-refractivity contribution in [2.45, 2.75) is 115 Å². The molecule has 0 aliphatic rings. The SMILES string of the molecule is CCCCCCCCCCCCCCCCCC(=O)Nc1ccc(NC(=O)NS(=O)(=O)c2ccccc2OC)cc1. The number of benzene rings is 2. The maximum absolute atomic E-state index is 12.5. The predicted octanol–water partition coefficient (Wildman–Crippen LogP) is 8.41. The molecule has 3 amide bonds. The molecule has 2 aromatic carbocycles. The van der Waals surface area contributed by atoms with Gasteiger partial charge in [-0.25, -0.2) is 17.9 Å². The Balaban J connectivity index is 1.55. The van der Waals surface area contributed by atoms with Crippen LogP contribution in [0.25, 0.3) is 0 Å². The summed E-state index contributed by atoms with van der Waals surface area (Å²) in [5.74, 6) is 0.0956. The van der Waals surface area contributed by atoms with Crippen LogP contribution in [0.4, 0.5) is 16.2 Å². The molecule has 0 atom stereocenters. The van der Waals surface area contributed by atoms with Gasteiger partial charge in [-0.15, -0.1) is 0 Å². The van der Waals surface area contributed by atoms with Gasteiger partial charge in [0.05, 0.1) is 7.11 Å². The Morgan fingerprint density at radius 3 is 1.63 bits per heavy atom. The first kappa shape index (κ1) is 34.1. The van der Waals surface area contributed by atoms with E-state index in [1.54, 1.807) is 36.4 Å². The molecule has 0 saturated carbocycles. The number of sulfonamides is 1. The normalized spacial score (nSPS) is 11.2. The van der Waals surface area contributed by atoms with E-state index < -0.39 is 16.1 Å². The fraction of sp³-hybridized carbons (Fsp3) is 0.562. The molecule has 0 radical (unpaired) electrons. The summed E-state index contributed by atoms with van der Waals surface area (Å²) in [5.41, 5.74) is 1.00. The van der Waals surface area contributed by atoms with Crippen molar-refractivity contribution in [1.29, 1.82) is 0 Å². The van der Waals surface area contributed by atoms with Crippen molar-refractivity contribution < 1.29 is 22.7 Å². The third kappa shape index (κ3) is 14.4. The molecular weight excluding hydrogens is 538 g/mol. The molecule has 0 spiro atoms. The number of anilines is 2. The summed E-state index contributed by atoms with van der Waals surface area (Å²) in [6.45, 7) is 2.26. The molecule has 0 aromatic heterocycles. The zero-order chi connectivity index (χ0) is 29.8. The Bertz CT molecular complexity index is 1140. The van der Waals surface area contributed by atoms with Gasteiger partial charge < -0.3 is 15.4 Å². The minimum absolute atomic E-state index is 0.0407. The van der Waals surface area contributed by atoms with Crippen LogP contribution in [0, 0.1) is 0 Å². The number of para-hydroxylation sites is 1. The lowest BCUT2D eigenvalue weighted by Gasteiger charge is -2.12. The van der Waals surface area contributed by atoms with Crippen LogP contribution in [0.2, 0.25) is 0 Å². The van der Waals surface area contributed by atoms with E-state index in [-0.39, 0.29) is 16.6 Å².